The molecule has 178 valence electrons. The summed E-state index contributed by atoms with van der Waals surface area (Å²) in [7, 11) is 2.93. The number of carbonyl (C=O) groups is 3. The summed E-state index contributed by atoms with van der Waals surface area (Å²) in [5.41, 5.74) is 1.33. The number of hydrogen-bond acceptors (Lipinski definition) is 6. The third kappa shape index (κ3) is 7.48. The maximum Gasteiger partial charge on any atom is 0.329 e. The third-order valence-electron chi connectivity index (χ3n) is 4.89. The van der Waals surface area contributed by atoms with E-state index in [1.54, 1.807) is 39.0 Å². The minimum absolute atomic E-state index is 0.0929. The van der Waals surface area contributed by atoms with Crippen LogP contribution >= 0.6 is 0 Å². The fraction of sp³-hybridized carbons (Fsp3) is 0.375. The van der Waals surface area contributed by atoms with Gasteiger partial charge in [0.2, 0.25) is 0 Å². The van der Waals surface area contributed by atoms with Crippen molar-refractivity contribution >= 4 is 17.8 Å². The first-order chi connectivity index (χ1) is 15.6. The van der Waals surface area contributed by atoms with Gasteiger partial charge in [0.1, 0.15) is 23.4 Å². The van der Waals surface area contributed by atoms with Crippen LogP contribution in [0.25, 0.3) is 0 Å². The van der Waals surface area contributed by atoms with Gasteiger partial charge >= 0.3 is 5.97 Å². The van der Waals surface area contributed by atoms with Gasteiger partial charge in [0.15, 0.2) is 6.61 Å². The Morgan fingerprint density at radius 3 is 2.18 bits per heavy atom. The van der Waals surface area contributed by atoms with Crippen molar-refractivity contribution in [2.24, 2.45) is 5.92 Å². The van der Waals surface area contributed by atoms with Crippen LogP contribution in [0.15, 0.2) is 36.4 Å². The zero-order valence-electron chi connectivity index (χ0n) is 19.4. The SMILES string of the molecule is COc1cc(OC)cc(C(=O)N[C@H](C(=O)OCC(=O)NCc2ccc(C)c(F)c2)C(C)C)c1. The smallest absolute Gasteiger partial charge is 0.329 e. The van der Waals surface area contributed by atoms with Crippen LogP contribution in [0.3, 0.4) is 0 Å². The predicted molar refractivity (Wildman–Crippen MR) is 120 cm³/mol. The van der Waals surface area contributed by atoms with Crippen molar-refractivity contribution in [1.82, 2.24) is 10.6 Å². The number of benzene rings is 2. The highest BCUT2D eigenvalue weighted by Gasteiger charge is 2.27. The van der Waals surface area contributed by atoms with Crippen LogP contribution in [0, 0.1) is 18.7 Å². The molecule has 2 aromatic carbocycles. The Kier molecular flexibility index (Phi) is 9.20. The quantitative estimate of drug-likeness (QED) is 0.529. The van der Waals surface area contributed by atoms with E-state index in [0.29, 0.717) is 22.6 Å². The normalized spacial score (nSPS) is 11.5. The minimum atomic E-state index is -0.978. The molecule has 0 bridgehead atoms. The second-order valence-corrected chi connectivity index (χ2v) is 7.76. The van der Waals surface area contributed by atoms with Gasteiger partial charge in [-0.05, 0) is 42.2 Å². The first-order valence-electron chi connectivity index (χ1n) is 10.4. The number of nitrogens with one attached hydrogen (secondary N) is 2. The van der Waals surface area contributed by atoms with Crippen LogP contribution in [0.2, 0.25) is 0 Å². The van der Waals surface area contributed by atoms with Crippen LogP contribution in [0.4, 0.5) is 4.39 Å². The topological polar surface area (TPSA) is 103 Å². The summed E-state index contributed by atoms with van der Waals surface area (Å²) in [5.74, 6) is -1.62. The molecule has 0 spiro atoms. The second-order valence-electron chi connectivity index (χ2n) is 7.76. The number of ether oxygens (including phenoxy) is 3. The van der Waals surface area contributed by atoms with E-state index in [-0.39, 0.29) is 23.8 Å². The molecule has 0 saturated carbocycles. The molecule has 0 saturated heterocycles. The van der Waals surface area contributed by atoms with Crippen LogP contribution in [0.1, 0.15) is 35.3 Å². The largest absolute Gasteiger partial charge is 0.497 e. The summed E-state index contributed by atoms with van der Waals surface area (Å²) in [6, 6.07) is 8.32. The Balaban J connectivity index is 1.94. The van der Waals surface area contributed by atoms with E-state index in [1.807, 2.05) is 0 Å². The molecule has 0 aliphatic rings. The number of aryl methyl sites for hydroxylation is 1. The number of methoxy groups -OCH3 is 2. The van der Waals surface area contributed by atoms with Crippen molar-refractivity contribution in [2.45, 2.75) is 33.4 Å². The molecule has 0 aliphatic carbocycles. The number of rotatable bonds is 10. The van der Waals surface area contributed by atoms with Crippen molar-refractivity contribution in [2.75, 3.05) is 20.8 Å². The van der Waals surface area contributed by atoms with E-state index in [4.69, 9.17) is 14.2 Å². The van der Waals surface area contributed by atoms with Crippen molar-refractivity contribution in [3.05, 3.63) is 58.9 Å². The molecule has 2 rings (SSSR count). The molecule has 33 heavy (non-hydrogen) atoms. The molecule has 0 heterocycles. The molecule has 0 fully saturated rings. The molecule has 0 unspecified atom stereocenters. The van der Waals surface area contributed by atoms with Gasteiger partial charge in [-0.25, -0.2) is 9.18 Å². The number of esters is 1. The van der Waals surface area contributed by atoms with E-state index >= 15 is 0 Å². The average Bonchev–Trinajstić information content (AvgIpc) is 2.80. The molecule has 2 N–H and O–H groups in total. The highest BCUT2D eigenvalue weighted by Crippen LogP contribution is 2.22. The Bertz CT molecular complexity index is 986. The van der Waals surface area contributed by atoms with E-state index in [9.17, 15) is 18.8 Å². The van der Waals surface area contributed by atoms with E-state index < -0.39 is 30.4 Å². The van der Waals surface area contributed by atoms with Gasteiger partial charge in [-0.3, -0.25) is 9.59 Å². The summed E-state index contributed by atoms with van der Waals surface area (Å²) in [5, 5.41) is 5.19. The molecule has 2 amide bonds. The van der Waals surface area contributed by atoms with Crippen molar-refractivity contribution in [3.8, 4) is 11.5 Å². The zero-order valence-corrected chi connectivity index (χ0v) is 19.4. The van der Waals surface area contributed by atoms with Gasteiger partial charge in [0.25, 0.3) is 11.8 Å². The molecule has 9 heteroatoms. The number of halogens is 1. The van der Waals surface area contributed by atoms with Gasteiger partial charge in [-0.2, -0.15) is 0 Å². The van der Waals surface area contributed by atoms with Crippen LogP contribution in [-0.4, -0.2) is 44.7 Å². The molecule has 2 aromatic rings. The summed E-state index contributed by atoms with van der Waals surface area (Å²) < 4.78 is 29.0. The Hall–Kier alpha value is -3.62. The lowest BCUT2D eigenvalue weighted by atomic mass is 10.0. The second kappa shape index (κ2) is 11.8. The highest BCUT2D eigenvalue weighted by atomic mass is 19.1. The maximum absolute atomic E-state index is 13.6. The first kappa shape index (κ1) is 25.6. The van der Waals surface area contributed by atoms with E-state index in [0.717, 1.165) is 0 Å². The monoisotopic (exact) mass is 460 g/mol. The molecule has 0 aromatic heterocycles. The van der Waals surface area contributed by atoms with Gasteiger partial charge in [0, 0.05) is 18.2 Å². The highest BCUT2D eigenvalue weighted by molar-refractivity contribution is 5.97. The summed E-state index contributed by atoms with van der Waals surface area (Å²) >= 11 is 0. The van der Waals surface area contributed by atoms with Crippen molar-refractivity contribution < 1.29 is 33.0 Å². The lowest BCUT2D eigenvalue weighted by molar-refractivity contribution is -0.151. The van der Waals surface area contributed by atoms with E-state index in [2.05, 4.69) is 10.6 Å². The lowest BCUT2D eigenvalue weighted by Crippen LogP contribution is -2.46. The molecule has 1 atom stereocenters. The molecular weight excluding hydrogens is 431 g/mol. The van der Waals surface area contributed by atoms with Crippen LogP contribution < -0.4 is 20.1 Å². The van der Waals surface area contributed by atoms with Crippen molar-refractivity contribution in [1.29, 1.82) is 0 Å². The standard InChI is InChI=1S/C24H29FN2O6/c1-14(2)22(27-23(29)17-9-18(31-4)11-19(10-17)32-5)24(30)33-13-21(28)26-12-16-7-6-15(3)20(25)8-16/h6-11,14,22H,12-13H2,1-5H3,(H,26,28)(H,27,29)/t22-/m0/s1. The summed E-state index contributed by atoms with van der Waals surface area (Å²) in [6.07, 6.45) is 0. The lowest BCUT2D eigenvalue weighted by Gasteiger charge is -2.21. The summed E-state index contributed by atoms with van der Waals surface area (Å²) in [6.45, 7) is 4.69. The molecule has 0 radical (unpaired) electrons. The third-order valence-corrected chi connectivity index (χ3v) is 4.89. The van der Waals surface area contributed by atoms with E-state index in [1.165, 1.54) is 32.4 Å². The summed E-state index contributed by atoms with van der Waals surface area (Å²) in [4.78, 5) is 37.3. The zero-order chi connectivity index (χ0) is 24.5. The van der Waals surface area contributed by atoms with Gasteiger partial charge in [-0.1, -0.05) is 26.0 Å². The Morgan fingerprint density at radius 2 is 1.64 bits per heavy atom. The first-order valence-corrected chi connectivity index (χ1v) is 10.4. The number of amides is 2. The molecule has 8 nitrogen and oxygen atoms in total. The Morgan fingerprint density at radius 1 is 1.00 bits per heavy atom. The van der Waals surface area contributed by atoms with Crippen LogP contribution in [-0.2, 0) is 20.9 Å². The van der Waals surface area contributed by atoms with Crippen LogP contribution in [0.5, 0.6) is 11.5 Å². The maximum atomic E-state index is 13.6. The fourth-order valence-corrected chi connectivity index (χ4v) is 2.89. The van der Waals surface area contributed by atoms with Gasteiger partial charge in [0.05, 0.1) is 14.2 Å². The van der Waals surface area contributed by atoms with Gasteiger partial charge in [-0.15, -0.1) is 0 Å². The average molecular weight is 461 g/mol. The minimum Gasteiger partial charge on any atom is -0.497 e. The Labute approximate surface area is 192 Å². The predicted octanol–water partition coefficient (Wildman–Crippen LogP) is 2.77. The molecule has 0 aliphatic heterocycles. The molecular formula is C24H29FN2O6. The number of hydrogen-bond donors (Lipinski definition) is 2. The number of carbonyl (C=O) groups excluding carboxylic acids is 3. The fourth-order valence-electron chi connectivity index (χ4n) is 2.89. The van der Waals surface area contributed by atoms with Gasteiger partial charge < -0.3 is 24.8 Å². The van der Waals surface area contributed by atoms with Crippen molar-refractivity contribution in [3.63, 3.8) is 0 Å².